The van der Waals surface area contributed by atoms with E-state index in [4.69, 9.17) is 29.6 Å². The lowest BCUT2D eigenvalue weighted by Gasteiger charge is -2.11. The zero-order chi connectivity index (χ0) is 15.6. The first-order valence-corrected chi connectivity index (χ1v) is 6.56. The monoisotopic (exact) mass is 324 g/mol. The van der Waals surface area contributed by atoms with Crippen LogP contribution in [0.5, 0.6) is 5.75 Å². The Hall–Kier alpha value is -2.18. The minimum Gasteiger partial charge on any atom is -0.507 e. The number of rotatable bonds is 3. The molecule has 0 aliphatic heterocycles. The number of phenols is 1. The van der Waals surface area contributed by atoms with E-state index in [1.807, 2.05) is 0 Å². The van der Waals surface area contributed by atoms with E-state index in [1.165, 1.54) is 30.3 Å². The molecule has 0 aliphatic rings. The summed E-state index contributed by atoms with van der Waals surface area (Å²) in [5, 5.41) is 12.5. The lowest BCUT2D eigenvalue weighted by atomic mass is 10.1. The van der Waals surface area contributed by atoms with Crippen molar-refractivity contribution in [2.24, 2.45) is 5.73 Å². The average Bonchev–Trinajstić information content (AvgIpc) is 2.40. The molecule has 2 aromatic carbocycles. The number of carbonyl (C=O) groups excluding carboxylic acids is 1. The van der Waals surface area contributed by atoms with Crippen LogP contribution in [0.3, 0.4) is 0 Å². The van der Waals surface area contributed by atoms with Gasteiger partial charge in [-0.2, -0.15) is 0 Å². The summed E-state index contributed by atoms with van der Waals surface area (Å²) >= 11 is 10.5. The van der Waals surface area contributed by atoms with Crippen LogP contribution in [0, 0.1) is 5.82 Å². The summed E-state index contributed by atoms with van der Waals surface area (Å²) in [7, 11) is 0. The molecule has 0 bridgehead atoms. The summed E-state index contributed by atoms with van der Waals surface area (Å²) in [5.41, 5.74) is 5.97. The highest BCUT2D eigenvalue weighted by molar-refractivity contribution is 7.80. The summed E-state index contributed by atoms with van der Waals surface area (Å²) in [4.78, 5) is 12.1. The Balaban J connectivity index is 2.34. The largest absolute Gasteiger partial charge is 0.507 e. The first-order valence-electron chi connectivity index (χ1n) is 5.77. The summed E-state index contributed by atoms with van der Waals surface area (Å²) in [6, 6.07) is 7.72. The summed E-state index contributed by atoms with van der Waals surface area (Å²) in [5.74, 6) is -1.38. The summed E-state index contributed by atoms with van der Waals surface area (Å²) in [6.45, 7) is 0. The van der Waals surface area contributed by atoms with Crippen molar-refractivity contribution in [1.29, 1.82) is 0 Å². The molecule has 0 saturated heterocycles. The number of amides is 1. The summed E-state index contributed by atoms with van der Waals surface area (Å²) < 4.78 is 13.2. The fourth-order valence-electron chi connectivity index (χ4n) is 1.72. The van der Waals surface area contributed by atoms with E-state index in [0.717, 1.165) is 6.07 Å². The maximum absolute atomic E-state index is 13.2. The third kappa shape index (κ3) is 3.48. The molecule has 0 heterocycles. The van der Waals surface area contributed by atoms with E-state index >= 15 is 0 Å². The van der Waals surface area contributed by atoms with Gasteiger partial charge in [-0.15, -0.1) is 0 Å². The quantitative estimate of drug-likeness (QED) is 0.758. The molecule has 7 heteroatoms. The van der Waals surface area contributed by atoms with Gasteiger partial charge in [-0.1, -0.05) is 23.8 Å². The highest BCUT2D eigenvalue weighted by Gasteiger charge is 2.14. The SMILES string of the molecule is NC(=S)c1cc(F)ccc1NC(=O)c1ccc(Cl)cc1O. The predicted octanol–water partition coefficient (Wildman–Crippen LogP) is 3.07. The number of anilines is 1. The van der Waals surface area contributed by atoms with Crippen molar-refractivity contribution in [3.05, 3.63) is 58.4 Å². The van der Waals surface area contributed by atoms with Gasteiger partial charge in [0.1, 0.15) is 16.6 Å². The van der Waals surface area contributed by atoms with Crippen molar-refractivity contribution in [2.45, 2.75) is 0 Å². The van der Waals surface area contributed by atoms with Crippen molar-refractivity contribution in [1.82, 2.24) is 0 Å². The summed E-state index contributed by atoms with van der Waals surface area (Å²) in [6.07, 6.45) is 0. The van der Waals surface area contributed by atoms with Crippen molar-refractivity contribution >= 4 is 40.4 Å². The molecule has 0 unspecified atom stereocenters. The van der Waals surface area contributed by atoms with Gasteiger partial charge in [0.05, 0.1) is 11.3 Å². The van der Waals surface area contributed by atoms with E-state index < -0.39 is 11.7 Å². The predicted molar refractivity (Wildman–Crippen MR) is 83.4 cm³/mol. The van der Waals surface area contributed by atoms with Gasteiger partial charge in [-0.3, -0.25) is 4.79 Å². The minimum atomic E-state index is -0.590. The molecule has 21 heavy (non-hydrogen) atoms. The Kier molecular flexibility index (Phi) is 4.40. The first kappa shape index (κ1) is 15.2. The zero-order valence-corrected chi connectivity index (χ0v) is 12.1. The van der Waals surface area contributed by atoms with Gasteiger partial charge in [0.25, 0.3) is 5.91 Å². The molecule has 2 aromatic rings. The van der Waals surface area contributed by atoms with Crippen LogP contribution in [-0.4, -0.2) is 16.0 Å². The second-order valence-corrected chi connectivity index (χ2v) is 5.05. The Morgan fingerprint density at radius 3 is 2.57 bits per heavy atom. The topological polar surface area (TPSA) is 75.3 Å². The van der Waals surface area contributed by atoms with Crippen LogP contribution in [0.1, 0.15) is 15.9 Å². The molecular weight excluding hydrogens is 315 g/mol. The van der Waals surface area contributed by atoms with E-state index in [9.17, 15) is 14.3 Å². The molecule has 0 spiro atoms. The number of thiocarbonyl (C=S) groups is 1. The molecule has 1 amide bonds. The lowest BCUT2D eigenvalue weighted by Crippen LogP contribution is -2.18. The Bertz CT molecular complexity index is 737. The third-order valence-electron chi connectivity index (χ3n) is 2.70. The van der Waals surface area contributed by atoms with Crippen LogP contribution in [0.2, 0.25) is 5.02 Å². The van der Waals surface area contributed by atoms with Crippen molar-refractivity contribution in [2.75, 3.05) is 5.32 Å². The van der Waals surface area contributed by atoms with Gasteiger partial charge in [0.2, 0.25) is 0 Å². The molecule has 4 nitrogen and oxygen atoms in total. The molecule has 0 fully saturated rings. The highest BCUT2D eigenvalue weighted by Crippen LogP contribution is 2.24. The van der Waals surface area contributed by atoms with Gasteiger partial charge in [-0.05, 0) is 36.4 Å². The van der Waals surface area contributed by atoms with Crippen LogP contribution in [-0.2, 0) is 0 Å². The number of aromatic hydroxyl groups is 1. The van der Waals surface area contributed by atoms with Gasteiger partial charge in [-0.25, -0.2) is 4.39 Å². The number of phenolic OH excluding ortho intramolecular Hbond substituents is 1. The van der Waals surface area contributed by atoms with Crippen LogP contribution in [0.25, 0.3) is 0 Å². The Morgan fingerprint density at radius 1 is 1.24 bits per heavy atom. The molecule has 0 aromatic heterocycles. The third-order valence-corrected chi connectivity index (χ3v) is 3.15. The van der Waals surface area contributed by atoms with Crippen molar-refractivity contribution in [3.8, 4) is 5.75 Å². The molecular formula is C14H10ClFN2O2S. The van der Waals surface area contributed by atoms with Gasteiger partial charge in [0.15, 0.2) is 0 Å². The normalized spacial score (nSPS) is 10.2. The van der Waals surface area contributed by atoms with Crippen molar-refractivity contribution in [3.63, 3.8) is 0 Å². The molecule has 0 radical (unpaired) electrons. The fraction of sp³-hybridized carbons (Fsp3) is 0. The minimum absolute atomic E-state index is 0.0256. The number of halogens is 2. The van der Waals surface area contributed by atoms with Crippen LogP contribution >= 0.6 is 23.8 Å². The first-order chi connectivity index (χ1) is 9.88. The number of hydrogen-bond acceptors (Lipinski definition) is 3. The van der Waals surface area contributed by atoms with Gasteiger partial charge in [0, 0.05) is 10.6 Å². The van der Waals surface area contributed by atoms with E-state index in [1.54, 1.807) is 0 Å². The number of carbonyl (C=O) groups is 1. The second kappa shape index (κ2) is 6.07. The molecule has 2 rings (SSSR count). The average molecular weight is 325 g/mol. The Morgan fingerprint density at radius 2 is 1.95 bits per heavy atom. The van der Waals surface area contributed by atoms with Gasteiger partial charge < -0.3 is 16.2 Å². The number of benzene rings is 2. The molecule has 0 saturated carbocycles. The maximum atomic E-state index is 13.2. The number of nitrogens with one attached hydrogen (secondary N) is 1. The number of nitrogens with two attached hydrogens (primary N) is 1. The van der Waals surface area contributed by atoms with Gasteiger partial charge >= 0.3 is 0 Å². The van der Waals surface area contributed by atoms with E-state index in [2.05, 4.69) is 5.32 Å². The van der Waals surface area contributed by atoms with Crippen molar-refractivity contribution < 1.29 is 14.3 Å². The zero-order valence-electron chi connectivity index (χ0n) is 10.6. The van der Waals surface area contributed by atoms with E-state index in [0.29, 0.717) is 5.02 Å². The molecule has 108 valence electrons. The fourth-order valence-corrected chi connectivity index (χ4v) is 2.05. The lowest BCUT2D eigenvalue weighted by molar-refractivity contribution is 0.102. The van der Waals surface area contributed by atoms with Crippen LogP contribution in [0.4, 0.5) is 10.1 Å². The molecule has 4 N–H and O–H groups in total. The Labute approximate surface area is 130 Å². The second-order valence-electron chi connectivity index (χ2n) is 4.17. The van der Waals surface area contributed by atoms with E-state index in [-0.39, 0.29) is 27.6 Å². The van der Waals surface area contributed by atoms with Crippen LogP contribution in [0.15, 0.2) is 36.4 Å². The molecule has 0 atom stereocenters. The number of hydrogen-bond donors (Lipinski definition) is 3. The van der Waals surface area contributed by atoms with Crippen LogP contribution < -0.4 is 11.1 Å². The smallest absolute Gasteiger partial charge is 0.259 e. The standard InChI is InChI=1S/C14H10ClFN2O2S/c15-7-1-3-9(12(19)5-7)14(20)18-11-4-2-8(16)6-10(11)13(17)21/h1-6,19H,(H2,17,21)(H,18,20). The highest BCUT2D eigenvalue weighted by atomic mass is 35.5. The molecule has 0 aliphatic carbocycles. The maximum Gasteiger partial charge on any atom is 0.259 e.